The van der Waals surface area contributed by atoms with Crippen LogP contribution in [-0.2, 0) is 9.53 Å². The number of esters is 1. The van der Waals surface area contributed by atoms with Crippen LogP contribution in [0.2, 0.25) is 0 Å². The predicted molar refractivity (Wildman–Crippen MR) is 139 cm³/mol. The molecule has 2 aromatic heterocycles. The lowest BCUT2D eigenvalue weighted by molar-refractivity contribution is -0.119. The van der Waals surface area contributed by atoms with Gasteiger partial charge in [0.25, 0.3) is 5.91 Å². The van der Waals surface area contributed by atoms with Gasteiger partial charge in [-0.3, -0.25) is 10.1 Å². The fraction of sp³-hybridized carbons (Fsp3) is 0.111. The first kappa shape index (κ1) is 23.3. The van der Waals surface area contributed by atoms with E-state index in [4.69, 9.17) is 9.47 Å². The Morgan fingerprint density at radius 1 is 1.03 bits per heavy atom. The van der Waals surface area contributed by atoms with Crippen molar-refractivity contribution < 1.29 is 19.1 Å². The minimum Gasteiger partial charge on any atom is -0.496 e. The second-order valence-electron chi connectivity index (χ2n) is 8.05. The molecule has 9 heteroatoms. The number of hydrogen-bond donors (Lipinski definition) is 2. The number of ether oxygens (including phenoxy) is 2. The summed E-state index contributed by atoms with van der Waals surface area (Å²) in [5, 5.41) is 4.89. The van der Waals surface area contributed by atoms with E-state index in [9.17, 15) is 9.59 Å². The normalized spacial score (nSPS) is 10.8. The van der Waals surface area contributed by atoms with E-state index < -0.39 is 18.5 Å². The highest BCUT2D eigenvalue weighted by Crippen LogP contribution is 2.31. The number of rotatable bonds is 7. The van der Waals surface area contributed by atoms with E-state index in [2.05, 4.69) is 20.3 Å². The molecule has 2 N–H and O–H groups in total. The number of aromatic nitrogens is 3. The van der Waals surface area contributed by atoms with Crippen LogP contribution in [0.3, 0.4) is 0 Å². The topological polar surface area (TPSA) is 106 Å². The summed E-state index contributed by atoms with van der Waals surface area (Å²) in [5.74, 6) is 0.321. The van der Waals surface area contributed by atoms with Gasteiger partial charge in [-0.25, -0.2) is 14.8 Å². The molecule has 8 nitrogen and oxygen atoms in total. The Labute approximate surface area is 210 Å². The molecule has 0 saturated heterocycles. The fourth-order valence-electron chi connectivity index (χ4n) is 3.67. The Morgan fingerprint density at radius 2 is 1.83 bits per heavy atom. The number of imidazole rings is 1. The summed E-state index contributed by atoms with van der Waals surface area (Å²) in [4.78, 5) is 37.2. The molecular formula is C27H22N4O4S. The molecule has 0 aliphatic heterocycles. The van der Waals surface area contributed by atoms with Crippen molar-refractivity contribution in [1.82, 2.24) is 15.0 Å². The molecule has 1 amide bonds. The van der Waals surface area contributed by atoms with E-state index >= 15 is 0 Å². The lowest BCUT2D eigenvalue weighted by Crippen LogP contribution is -2.20. The Morgan fingerprint density at radius 3 is 2.64 bits per heavy atom. The van der Waals surface area contributed by atoms with Gasteiger partial charge in [-0.1, -0.05) is 42.0 Å². The number of aryl methyl sites for hydroxylation is 1. The molecule has 0 atom stereocenters. The average molecular weight is 499 g/mol. The van der Waals surface area contributed by atoms with E-state index in [0.717, 1.165) is 22.2 Å². The molecule has 0 fully saturated rings. The molecule has 5 rings (SSSR count). The van der Waals surface area contributed by atoms with Crippen LogP contribution in [-0.4, -0.2) is 40.5 Å². The zero-order valence-electron chi connectivity index (χ0n) is 19.6. The van der Waals surface area contributed by atoms with Gasteiger partial charge in [-0.15, -0.1) is 11.3 Å². The van der Waals surface area contributed by atoms with Crippen molar-refractivity contribution >= 4 is 39.4 Å². The number of carbonyl (C=O) groups excluding carboxylic acids is 2. The molecule has 0 unspecified atom stereocenters. The van der Waals surface area contributed by atoms with E-state index in [1.54, 1.807) is 25.3 Å². The number of thiazole rings is 1. The molecule has 0 aliphatic rings. The lowest BCUT2D eigenvalue weighted by Gasteiger charge is -2.06. The van der Waals surface area contributed by atoms with Gasteiger partial charge in [0, 0.05) is 16.5 Å². The maximum Gasteiger partial charge on any atom is 0.338 e. The number of H-pyrrole nitrogens is 1. The first-order valence-corrected chi connectivity index (χ1v) is 12.0. The number of aromatic amines is 1. The van der Waals surface area contributed by atoms with E-state index in [1.165, 1.54) is 11.3 Å². The van der Waals surface area contributed by atoms with Gasteiger partial charge in [0.2, 0.25) is 0 Å². The van der Waals surface area contributed by atoms with Gasteiger partial charge in [0.1, 0.15) is 11.6 Å². The van der Waals surface area contributed by atoms with Crippen LogP contribution < -0.4 is 10.1 Å². The fourth-order valence-corrected chi connectivity index (χ4v) is 4.39. The third-order valence-corrected chi connectivity index (χ3v) is 6.27. The Kier molecular flexibility index (Phi) is 6.46. The van der Waals surface area contributed by atoms with Crippen LogP contribution in [0.1, 0.15) is 15.9 Å². The summed E-state index contributed by atoms with van der Waals surface area (Å²) in [6, 6.07) is 20.5. The van der Waals surface area contributed by atoms with Crippen LogP contribution >= 0.6 is 11.3 Å². The quantitative estimate of drug-likeness (QED) is 0.288. The van der Waals surface area contributed by atoms with Gasteiger partial charge in [0.15, 0.2) is 11.7 Å². The Bertz CT molecular complexity index is 1560. The summed E-state index contributed by atoms with van der Waals surface area (Å²) < 4.78 is 10.6. The number of fused-ring (bicyclic) bond motifs is 1. The summed E-state index contributed by atoms with van der Waals surface area (Å²) in [6.07, 6.45) is 0. The molecule has 2 heterocycles. The Hall–Kier alpha value is -4.50. The number of benzene rings is 3. The monoisotopic (exact) mass is 498 g/mol. The van der Waals surface area contributed by atoms with E-state index in [-0.39, 0.29) is 0 Å². The molecule has 0 aliphatic carbocycles. The highest BCUT2D eigenvalue weighted by atomic mass is 32.1. The van der Waals surface area contributed by atoms with E-state index in [0.29, 0.717) is 33.5 Å². The molecule has 3 aromatic carbocycles. The third kappa shape index (κ3) is 4.96. The summed E-state index contributed by atoms with van der Waals surface area (Å²) in [6.45, 7) is 1.59. The van der Waals surface area contributed by atoms with E-state index in [1.807, 2.05) is 60.8 Å². The molecule has 0 bridgehead atoms. The number of amides is 1. The van der Waals surface area contributed by atoms with Gasteiger partial charge >= 0.3 is 5.97 Å². The average Bonchev–Trinajstić information content (AvgIpc) is 3.54. The largest absolute Gasteiger partial charge is 0.496 e. The van der Waals surface area contributed by atoms with Crippen molar-refractivity contribution in [3.8, 4) is 28.4 Å². The van der Waals surface area contributed by atoms with Gasteiger partial charge in [-0.2, -0.15) is 0 Å². The number of hydrogen-bond acceptors (Lipinski definition) is 7. The number of methoxy groups -OCH3 is 1. The first-order valence-electron chi connectivity index (χ1n) is 11.1. The Balaban J connectivity index is 1.21. The number of nitrogens with zero attached hydrogens (tertiary/aromatic N) is 2. The summed E-state index contributed by atoms with van der Waals surface area (Å²) >= 11 is 1.27. The third-order valence-electron chi connectivity index (χ3n) is 5.51. The second kappa shape index (κ2) is 10.0. The first-order chi connectivity index (χ1) is 17.5. The number of para-hydroxylation sites is 1. The molecule has 5 aromatic rings. The summed E-state index contributed by atoms with van der Waals surface area (Å²) in [7, 11) is 1.59. The van der Waals surface area contributed by atoms with Crippen molar-refractivity contribution in [3.63, 3.8) is 0 Å². The van der Waals surface area contributed by atoms with Gasteiger partial charge < -0.3 is 14.5 Å². The highest BCUT2D eigenvalue weighted by molar-refractivity contribution is 7.14. The lowest BCUT2D eigenvalue weighted by atomic mass is 10.1. The number of nitrogens with one attached hydrogen (secondary N) is 2. The molecule has 180 valence electrons. The summed E-state index contributed by atoms with van der Waals surface area (Å²) in [5.41, 5.74) is 5.38. The van der Waals surface area contributed by atoms with Gasteiger partial charge in [0.05, 0.1) is 29.4 Å². The van der Waals surface area contributed by atoms with Crippen molar-refractivity contribution in [3.05, 3.63) is 83.2 Å². The predicted octanol–water partition coefficient (Wildman–Crippen LogP) is 5.47. The van der Waals surface area contributed by atoms with Crippen LogP contribution in [0.4, 0.5) is 5.13 Å². The van der Waals surface area contributed by atoms with Gasteiger partial charge in [-0.05, 0) is 37.3 Å². The van der Waals surface area contributed by atoms with Crippen molar-refractivity contribution in [2.45, 2.75) is 6.92 Å². The van der Waals surface area contributed by atoms with Crippen molar-refractivity contribution in [1.29, 1.82) is 0 Å². The van der Waals surface area contributed by atoms with Crippen LogP contribution in [0.5, 0.6) is 5.75 Å². The minimum atomic E-state index is -0.604. The standard InChI is InChI=1S/C27H22N4O4S/c1-16-7-9-17(10-8-16)25-28-20-12-11-18(13-21(20)29-25)26(33)35-14-24(32)31-27-30-22(15-36-27)19-5-3-4-6-23(19)34-2/h3-13,15H,14H2,1-2H3,(H,28,29)(H,30,31,32). The van der Waals surface area contributed by atoms with Crippen LogP contribution in [0.25, 0.3) is 33.7 Å². The molecule has 0 saturated carbocycles. The SMILES string of the molecule is COc1ccccc1-c1csc(NC(=O)COC(=O)c2ccc3nc(-c4ccc(C)cc4)[nH]c3c2)n1. The molecule has 36 heavy (non-hydrogen) atoms. The molecular weight excluding hydrogens is 476 g/mol. The number of carbonyl (C=O) groups is 2. The van der Waals surface area contributed by atoms with Crippen LogP contribution in [0.15, 0.2) is 72.1 Å². The molecule has 0 radical (unpaired) electrons. The highest BCUT2D eigenvalue weighted by Gasteiger charge is 2.15. The van der Waals surface area contributed by atoms with Crippen molar-refractivity contribution in [2.75, 3.05) is 19.0 Å². The maximum atomic E-state index is 12.6. The zero-order chi connectivity index (χ0) is 25.1. The van der Waals surface area contributed by atoms with Crippen LogP contribution in [0, 0.1) is 6.92 Å². The minimum absolute atomic E-state index is 0.321. The second-order valence-corrected chi connectivity index (χ2v) is 8.90. The zero-order valence-corrected chi connectivity index (χ0v) is 20.4. The molecule has 0 spiro atoms. The number of anilines is 1. The van der Waals surface area contributed by atoms with Crippen molar-refractivity contribution in [2.24, 2.45) is 0 Å². The smallest absolute Gasteiger partial charge is 0.338 e. The maximum absolute atomic E-state index is 12.6.